The molecule has 0 N–H and O–H groups in total. The summed E-state index contributed by atoms with van der Waals surface area (Å²) in [6.45, 7) is 1.65. The summed E-state index contributed by atoms with van der Waals surface area (Å²) in [7, 11) is -4.38. The fourth-order valence-corrected chi connectivity index (χ4v) is 7.31. The van der Waals surface area contributed by atoms with Crippen molar-refractivity contribution in [2.24, 2.45) is 0 Å². The number of esters is 1. The summed E-state index contributed by atoms with van der Waals surface area (Å²) in [5.41, 5.74) is 1.87. The first-order chi connectivity index (χ1) is 17.9. The van der Waals surface area contributed by atoms with Crippen LogP contribution in [-0.2, 0) is 36.5 Å². The summed E-state index contributed by atoms with van der Waals surface area (Å²) in [4.78, 5) is 26.4. The van der Waals surface area contributed by atoms with Crippen LogP contribution < -0.4 is 0 Å². The minimum Gasteiger partial charge on any atom is -0.464 e. The van der Waals surface area contributed by atoms with Crippen molar-refractivity contribution in [1.29, 1.82) is 0 Å². The van der Waals surface area contributed by atoms with E-state index in [1.165, 1.54) is 4.31 Å². The van der Waals surface area contributed by atoms with Crippen molar-refractivity contribution >= 4 is 22.3 Å². The van der Waals surface area contributed by atoms with E-state index < -0.39 is 39.8 Å². The van der Waals surface area contributed by atoms with Gasteiger partial charge in [-0.15, -0.1) is 0 Å². The van der Waals surface area contributed by atoms with Gasteiger partial charge in [-0.25, -0.2) is 9.59 Å². The Labute approximate surface area is 216 Å². The van der Waals surface area contributed by atoms with E-state index in [0.29, 0.717) is 16.3 Å². The Morgan fingerprint density at radius 1 is 0.865 bits per heavy atom. The number of benzene rings is 3. The van der Waals surface area contributed by atoms with E-state index in [-0.39, 0.29) is 19.8 Å². The average molecular weight is 521 g/mol. The molecular formula is C28H28N2O6S. The molecule has 0 spiro atoms. The van der Waals surface area contributed by atoms with Gasteiger partial charge in [-0.1, -0.05) is 91.0 Å². The van der Waals surface area contributed by atoms with Gasteiger partial charge in [-0.2, -0.15) is 17.0 Å². The molecule has 1 amide bonds. The van der Waals surface area contributed by atoms with E-state index in [2.05, 4.69) is 0 Å². The number of carbonyl (C=O) groups is 2. The molecule has 192 valence electrons. The van der Waals surface area contributed by atoms with Crippen molar-refractivity contribution < 1.29 is 27.5 Å². The average Bonchev–Trinajstić information content (AvgIpc) is 3.43. The van der Waals surface area contributed by atoms with Crippen molar-refractivity contribution in [3.63, 3.8) is 0 Å². The fraction of sp³-hybridized carbons (Fsp3) is 0.286. The Balaban J connectivity index is 1.53. The summed E-state index contributed by atoms with van der Waals surface area (Å²) < 4.78 is 40.1. The quantitative estimate of drug-likeness (QED) is 0.458. The van der Waals surface area contributed by atoms with Crippen LogP contribution in [0.1, 0.15) is 30.0 Å². The molecule has 0 bridgehead atoms. The molecule has 0 aliphatic carbocycles. The third kappa shape index (κ3) is 4.38. The Kier molecular flexibility index (Phi) is 6.74. The van der Waals surface area contributed by atoms with Gasteiger partial charge >= 0.3 is 22.3 Å². The largest absolute Gasteiger partial charge is 0.464 e. The summed E-state index contributed by atoms with van der Waals surface area (Å²) in [5, 5.41) is 0. The van der Waals surface area contributed by atoms with Crippen LogP contribution in [0.25, 0.3) is 0 Å². The molecule has 37 heavy (non-hydrogen) atoms. The van der Waals surface area contributed by atoms with Crippen molar-refractivity contribution in [1.82, 2.24) is 8.61 Å². The molecular weight excluding hydrogens is 492 g/mol. The van der Waals surface area contributed by atoms with E-state index in [9.17, 15) is 18.0 Å². The molecule has 2 aliphatic rings. The molecule has 0 aromatic heterocycles. The van der Waals surface area contributed by atoms with Crippen molar-refractivity contribution in [2.45, 2.75) is 37.5 Å². The van der Waals surface area contributed by atoms with Gasteiger partial charge in [-0.3, -0.25) is 0 Å². The lowest BCUT2D eigenvalue weighted by Gasteiger charge is -2.33. The number of carbonyl (C=O) groups excluding carboxylic acids is 2. The molecule has 0 unspecified atom stereocenters. The van der Waals surface area contributed by atoms with Gasteiger partial charge in [0.15, 0.2) is 6.04 Å². The standard InChI is InChI=1S/C28H28N2O6S/c1-2-35-26(31)25-24-18-28(22-14-8-4-9-15-22,23-16-10-5-11-17-23)20-29(24)37(33,34)30(25)27(32)36-19-21-12-6-3-7-13-21/h3-17,24-25H,2,18-20H2,1H3/t24-,25+/m0/s1. The van der Waals surface area contributed by atoms with Crippen molar-refractivity contribution in [3.8, 4) is 0 Å². The number of ether oxygens (including phenoxy) is 2. The maximum Gasteiger partial charge on any atom is 0.425 e. The first kappa shape index (κ1) is 25.0. The predicted molar refractivity (Wildman–Crippen MR) is 137 cm³/mol. The maximum atomic E-state index is 13.8. The summed E-state index contributed by atoms with van der Waals surface area (Å²) >= 11 is 0. The molecule has 2 atom stereocenters. The smallest absolute Gasteiger partial charge is 0.425 e. The number of hydrogen-bond acceptors (Lipinski definition) is 6. The molecule has 2 aliphatic heterocycles. The first-order valence-electron chi connectivity index (χ1n) is 12.2. The van der Waals surface area contributed by atoms with Gasteiger partial charge in [0, 0.05) is 12.0 Å². The monoisotopic (exact) mass is 520 g/mol. The second-order valence-corrected chi connectivity index (χ2v) is 10.9. The Hall–Kier alpha value is -3.69. The van der Waals surface area contributed by atoms with Gasteiger partial charge in [-0.05, 0) is 30.0 Å². The van der Waals surface area contributed by atoms with Crippen LogP contribution in [0.5, 0.6) is 0 Å². The van der Waals surface area contributed by atoms with Crippen LogP contribution in [0.15, 0.2) is 91.0 Å². The van der Waals surface area contributed by atoms with Crippen LogP contribution in [0, 0.1) is 0 Å². The maximum absolute atomic E-state index is 13.8. The minimum atomic E-state index is -4.38. The van der Waals surface area contributed by atoms with Crippen LogP contribution in [0.2, 0.25) is 0 Å². The zero-order valence-electron chi connectivity index (χ0n) is 20.4. The van der Waals surface area contributed by atoms with E-state index >= 15 is 0 Å². The molecule has 2 fully saturated rings. The number of fused-ring (bicyclic) bond motifs is 1. The lowest BCUT2D eigenvalue weighted by molar-refractivity contribution is -0.148. The van der Waals surface area contributed by atoms with Gasteiger partial charge in [0.1, 0.15) is 6.61 Å². The molecule has 9 heteroatoms. The van der Waals surface area contributed by atoms with Crippen molar-refractivity contribution in [2.75, 3.05) is 13.2 Å². The van der Waals surface area contributed by atoms with Crippen LogP contribution in [-0.4, -0.2) is 54.3 Å². The highest BCUT2D eigenvalue weighted by molar-refractivity contribution is 7.87. The van der Waals surface area contributed by atoms with E-state index in [0.717, 1.165) is 11.1 Å². The van der Waals surface area contributed by atoms with Crippen LogP contribution >= 0.6 is 0 Å². The highest BCUT2D eigenvalue weighted by Crippen LogP contribution is 2.49. The Morgan fingerprint density at radius 3 is 1.95 bits per heavy atom. The SMILES string of the molecule is CCOC(=O)[C@H]1[C@@H]2CC(c3ccccc3)(c3ccccc3)CN2S(=O)(=O)N1C(=O)OCc1ccccc1. The lowest BCUT2D eigenvalue weighted by Crippen LogP contribution is -2.49. The normalized spacial score (nSPS) is 21.8. The third-order valence-corrected chi connectivity index (χ3v) is 8.95. The summed E-state index contributed by atoms with van der Waals surface area (Å²) in [5.74, 6) is -0.771. The highest BCUT2D eigenvalue weighted by atomic mass is 32.2. The molecule has 3 aromatic carbocycles. The van der Waals surface area contributed by atoms with Gasteiger partial charge < -0.3 is 9.47 Å². The molecule has 2 saturated heterocycles. The van der Waals surface area contributed by atoms with Crippen LogP contribution in [0.4, 0.5) is 4.79 Å². The molecule has 8 nitrogen and oxygen atoms in total. The second kappa shape index (κ2) is 9.99. The fourth-order valence-electron chi connectivity index (χ4n) is 5.41. The molecule has 0 saturated carbocycles. The number of amides is 1. The van der Waals surface area contributed by atoms with E-state index in [1.807, 2.05) is 66.7 Å². The second-order valence-electron chi connectivity index (χ2n) is 9.17. The predicted octanol–water partition coefficient (Wildman–Crippen LogP) is 3.88. The molecule has 0 radical (unpaired) electrons. The van der Waals surface area contributed by atoms with E-state index in [1.54, 1.807) is 31.2 Å². The zero-order valence-corrected chi connectivity index (χ0v) is 21.2. The van der Waals surface area contributed by atoms with E-state index in [4.69, 9.17) is 9.47 Å². The topological polar surface area (TPSA) is 93.2 Å². The highest BCUT2D eigenvalue weighted by Gasteiger charge is 2.65. The first-order valence-corrected chi connectivity index (χ1v) is 13.6. The van der Waals surface area contributed by atoms with Crippen LogP contribution in [0.3, 0.4) is 0 Å². The zero-order chi connectivity index (χ0) is 26.0. The Morgan fingerprint density at radius 2 is 1.41 bits per heavy atom. The Bertz CT molecular complexity index is 1330. The number of rotatable bonds is 6. The molecule has 5 rings (SSSR count). The lowest BCUT2D eigenvalue weighted by atomic mass is 9.72. The van der Waals surface area contributed by atoms with Crippen molar-refractivity contribution in [3.05, 3.63) is 108 Å². The molecule has 2 heterocycles. The number of nitrogens with zero attached hydrogens (tertiary/aromatic N) is 2. The van der Waals surface area contributed by atoms with Gasteiger partial charge in [0.05, 0.1) is 12.6 Å². The molecule has 3 aromatic rings. The number of hydrogen-bond donors (Lipinski definition) is 0. The third-order valence-electron chi connectivity index (χ3n) is 7.08. The van der Waals surface area contributed by atoms with Gasteiger partial charge in [0.2, 0.25) is 0 Å². The summed E-state index contributed by atoms with van der Waals surface area (Å²) in [6, 6.07) is 26.1. The minimum absolute atomic E-state index is 0.0531. The van der Waals surface area contributed by atoms with Gasteiger partial charge in [0.25, 0.3) is 0 Å². The summed E-state index contributed by atoms with van der Waals surface area (Å²) in [6.07, 6.45) is -0.798.